The lowest BCUT2D eigenvalue weighted by molar-refractivity contribution is 0.0988. The van der Waals surface area contributed by atoms with Crippen LogP contribution in [0.15, 0.2) is 54.7 Å². The SMILES string of the molecule is CN(C(=O)c1cn(-c2ccc3c(c2)OCCO3)nn1)c1ccccc1. The molecule has 1 aliphatic heterocycles. The van der Waals surface area contributed by atoms with E-state index in [4.69, 9.17) is 9.47 Å². The van der Waals surface area contributed by atoms with E-state index in [1.807, 2.05) is 48.5 Å². The molecule has 0 aliphatic carbocycles. The number of para-hydroxylation sites is 1. The summed E-state index contributed by atoms with van der Waals surface area (Å²) in [6.07, 6.45) is 1.60. The molecule has 0 unspecified atom stereocenters. The summed E-state index contributed by atoms with van der Waals surface area (Å²) in [6.45, 7) is 1.06. The third-order valence-electron chi connectivity index (χ3n) is 3.95. The summed E-state index contributed by atoms with van der Waals surface area (Å²) >= 11 is 0. The molecule has 1 aliphatic rings. The van der Waals surface area contributed by atoms with Crippen LogP contribution in [0.2, 0.25) is 0 Å². The van der Waals surface area contributed by atoms with Gasteiger partial charge >= 0.3 is 0 Å². The molecule has 0 radical (unpaired) electrons. The molecule has 1 amide bonds. The van der Waals surface area contributed by atoms with Gasteiger partial charge in [0.25, 0.3) is 5.91 Å². The van der Waals surface area contributed by atoms with Crippen molar-refractivity contribution in [3.63, 3.8) is 0 Å². The van der Waals surface area contributed by atoms with Crippen LogP contribution in [-0.4, -0.2) is 41.2 Å². The predicted octanol–water partition coefficient (Wildman–Crippen LogP) is 2.32. The molecule has 0 bridgehead atoms. The first-order valence-electron chi connectivity index (χ1n) is 7.88. The molecule has 0 saturated heterocycles. The maximum Gasteiger partial charge on any atom is 0.280 e. The zero-order valence-electron chi connectivity index (χ0n) is 13.6. The molecule has 1 aromatic heterocycles. The summed E-state index contributed by atoms with van der Waals surface area (Å²) in [5.41, 5.74) is 1.81. The average molecular weight is 336 g/mol. The first-order valence-corrected chi connectivity index (χ1v) is 7.88. The average Bonchev–Trinajstić information content (AvgIpc) is 3.17. The van der Waals surface area contributed by atoms with Crippen molar-refractivity contribution in [3.05, 3.63) is 60.4 Å². The molecule has 7 nitrogen and oxygen atoms in total. The van der Waals surface area contributed by atoms with Gasteiger partial charge in [-0.25, -0.2) is 4.68 Å². The zero-order valence-corrected chi connectivity index (χ0v) is 13.6. The van der Waals surface area contributed by atoms with E-state index < -0.39 is 0 Å². The Hall–Kier alpha value is -3.35. The van der Waals surface area contributed by atoms with Crippen LogP contribution in [0.4, 0.5) is 5.69 Å². The molecule has 2 heterocycles. The molecule has 0 atom stereocenters. The molecule has 3 aromatic rings. The Morgan fingerprint density at radius 3 is 2.64 bits per heavy atom. The number of carbonyl (C=O) groups excluding carboxylic acids is 1. The number of hydrogen-bond donors (Lipinski definition) is 0. The van der Waals surface area contributed by atoms with Gasteiger partial charge in [-0.05, 0) is 24.3 Å². The van der Waals surface area contributed by atoms with Gasteiger partial charge in [-0.1, -0.05) is 23.4 Å². The lowest BCUT2D eigenvalue weighted by Gasteiger charge is -2.18. The van der Waals surface area contributed by atoms with Gasteiger partial charge in [0.1, 0.15) is 13.2 Å². The number of rotatable bonds is 3. The number of hydrogen-bond acceptors (Lipinski definition) is 5. The smallest absolute Gasteiger partial charge is 0.280 e. The lowest BCUT2D eigenvalue weighted by atomic mass is 10.2. The van der Waals surface area contributed by atoms with Crippen LogP contribution < -0.4 is 14.4 Å². The van der Waals surface area contributed by atoms with Crippen LogP contribution >= 0.6 is 0 Å². The molecule has 0 saturated carbocycles. The summed E-state index contributed by atoms with van der Waals surface area (Å²) in [7, 11) is 1.71. The van der Waals surface area contributed by atoms with Gasteiger partial charge in [-0.2, -0.15) is 0 Å². The van der Waals surface area contributed by atoms with Crippen molar-refractivity contribution < 1.29 is 14.3 Å². The molecule has 0 fully saturated rings. The summed E-state index contributed by atoms with van der Waals surface area (Å²) < 4.78 is 12.6. The molecule has 4 rings (SSSR count). The molecule has 25 heavy (non-hydrogen) atoms. The Balaban J connectivity index is 1.59. The number of anilines is 1. The zero-order chi connectivity index (χ0) is 17.2. The van der Waals surface area contributed by atoms with Crippen LogP contribution in [-0.2, 0) is 0 Å². The third kappa shape index (κ3) is 2.91. The number of benzene rings is 2. The van der Waals surface area contributed by atoms with Gasteiger partial charge in [-0.3, -0.25) is 4.79 Å². The van der Waals surface area contributed by atoms with E-state index in [-0.39, 0.29) is 11.6 Å². The molecule has 126 valence electrons. The van der Waals surface area contributed by atoms with Gasteiger partial charge in [-0.15, -0.1) is 5.10 Å². The number of fused-ring (bicyclic) bond motifs is 1. The summed E-state index contributed by atoms with van der Waals surface area (Å²) in [4.78, 5) is 14.1. The molecule has 0 spiro atoms. The fourth-order valence-corrected chi connectivity index (χ4v) is 2.60. The fraction of sp³-hybridized carbons (Fsp3) is 0.167. The molecular formula is C18H16N4O3. The van der Waals surface area contributed by atoms with Crippen LogP contribution in [0.5, 0.6) is 11.5 Å². The standard InChI is InChI=1S/C18H16N4O3/c1-21(13-5-3-2-4-6-13)18(23)15-12-22(20-19-15)14-7-8-16-17(11-14)25-10-9-24-16/h2-8,11-12H,9-10H2,1H3. The highest BCUT2D eigenvalue weighted by Gasteiger charge is 2.18. The Kier molecular flexibility index (Phi) is 3.81. The van der Waals surface area contributed by atoms with Gasteiger partial charge < -0.3 is 14.4 Å². The third-order valence-corrected chi connectivity index (χ3v) is 3.95. The normalized spacial score (nSPS) is 12.7. The van der Waals surface area contributed by atoms with E-state index in [0.29, 0.717) is 24.7 Å². The minimum absolute atomic E-state index is 0.227. The van der Waals surface area contributed by atoms with Gasteiger partial charge in [0.2, 0.25) is 0 Å². The lowest BCUT2D eigenvalue weighted by Crippen LogP contribution is -2.26. The van der Waals surface area contributed by atoms with Crippen LogP contribution in [0.25, 0.3) is 5.69 Å². The van der Waals surface area contributed by atoms with E-state index in [0.717, 1.165) is 11.4 Å². The summed E-state index contributed by atoms with van der Waals surface area (Å²) in [6, 6.07) is 14.9. The maximum atomic E-state index is 12.6. The Labute approximate surface area is 144 Å². The minimum Gasteiger partial charge on any atom is -0.486 e. The van der Waals surface area contributed by atoms with Crippen LogP contribution in [0.1, 0.15) is 10.5 Å². The predicted molar refractivity (Wildman–Crippen MR) is 91.5 cm³/mol. The highest BCUT2D eigenvalue weighted by atomic mass is 16.6. The monoisotopic (exact) mass is 336 g/mol. The van der Waals surface area contributed by atoms with Gasteiger partial charge in [0, 0.05) is 18.8 Å². The summed E-state index contributed by atoms with van der Waals surface area (Å²) in [5, 5.41) is 8.06. The van der Waals surface area contributed by atoms with Crippen molar-refractivity contribution in [1.82, 2.24) is 15.0 Å². The number of amides is 1. The Morgan fingerprint density at radius 2 is 1.84 bits per heavy atom. The van der Waals surface area contributed by atoms with Crippen molar-refractivity contribution >= 4 is 11.6 Å². The fourth-order valence-electron chi connectivity index (χ4n) is 2.60. The van der Waals surface area contributed by atoms with Crippen LogP contribution in [0.3, 0.4) is 0 Å². The molecule has 7 heteroatoms. The minimum atomic E-state index is -0.227. The van der Waals surface area contributed by atoms with E-state index in [1.54, 1.807) is 17.9 Å². The first kappa shape index (κ1) is 15.2. The molecular weight excluding hydrogens is 320 g/mol. The van der Waals surface area contributed by atoms with E-state index >= 15 is 0 Å². The second-order valence-corrected chi connectivity index (χ2v) is 5.58. The van der Waals surface area contributed by atoms with Crippen molar-refractivity contribution in [2.75, 3.05) is 25.2 Å². The number of carbonyl (C=O) groups is 1. The van der Waals surface area contributed by atoms with E-state index in [9.17, 15) is 4.79 Å². The quantitative estimate of drug-likeness (QED) is 0.734. The maximum absolute atomic E-state index is 12.6. The van der Waals surface area contributed by atoms with E-state index in [1.165, 1.54) is 4.90 Å². The molecule has 2 aromatic carbocycles. The highest BCUT2D eigenvalue weighted by molar-refractivity contribution is 6.04. The Morgan fingerprint density at radius 1 is 1.08 bits per heavy atom. The topological polar surface area (TPSA) is 69.5 Å². The van der Waals surface area contributed by atoms with Gasteiger partial charge in [0.15, 0.2) is 17.2 Å². The van der Waals surface area contributed by atoms with E-state index in [2.05, 4.69) is 10.3 Å². The van der Waals surface area contributed by atoms with Crippen LogP contribution in [0, 0.1) is 0 Å². The first-order chi connectivity index (χ1) is 12.2. The largest absolute Gasteiger partial charge is 0.486 e. The second-order valence-electron chi connectivity index (χ2n) is 5.58. The van der Waals surface area contributed by atoms with Crippen molar-refractivity contribution in [2.24, 2.45) is 0 Å². The van der Waals surface area contributed by atoms with Crippen molar-refractivity contribution in [2.45, 2.75) is 0 Å². The number of ether oxygens (including phenoxy) is 2. The Bertz CT molecular complexity index is 908. The van der Waals surface area contributed by atoms with Gasteiger partial charge in [0.05, 0.1) is 11.9 Å². The van der Waals surface area contributed by atoms with Crippen molar-refractivity contribution in [1.29, 1.82) is 0 Å². The molecule has 0 N–H and O–H groups in total. The second kappa shape index (κ2) is 6.27. The van der Waals surface area contributed by atoms with Crippen molar-refractivity contribution in [3.8, 4) is 17.2 Å². The highest BCUT2D eigenvalue weighted by Crippen LogP contribution is 2.31. The summed E-state index contributed by atoms with van der Waals surface area (Å²) in [5.74, 6) is 1.14. The number of nitrogens with zero attached hydrogens (tertiary/aromatic N) is 4. The number of aromatic nitrogens is 3.